The second kappa shape index (κ2) is 7.12. The molecule has 1 aromatic carbocycles. The second-order valence-corrected chi connectivity index (χ2v) is 6.58. The average molecular weight is 290 g/mol. The van der Waals surface area contributed by atoms with E-state index in [4.69, 9.17) is 11.6 Å². The smallest absolute Gasteiger partial charge is 0.207 e. The quantitative estimate of drug-likeness (QED) is 0.724. The lowest BCUT2D eigenvalue weighted by Gasteiger charge is -2.21. The van der Waals surface area contributed by atoms with Crippen LogP contribution in [0.2, 0.25) is 0 Å². The molecule has 0 aliphatic rings. The molecule has 0 aliphatic carbocycles. The van der Waals surface area contributed by atoms with Gasteiger partial charge in [0.15, 0.2) is 0 Å². The summed E-state index contributed by atoms with van der Waals surface area (Å²) in [5.74, 6) is 0.314. The Kier molecular flexibility index (Phi) is 6.12. The van der Waals surface area contributed by atoms with Crippen molar-refractivity contribution in [1.82, 2.24) is 4.31 Å². The first-order valence-electron chi connectivity index (χ1n) is 6.15. The minimum atomic E-state index is -3.40. The maximum absolute atomic E-state index is 12.4. The second-order valence-electron chi connectivity index (χ2n) is 4.26. The fraction of sp³-hybridized carbons (Fsp3) is 0.538. The lowest BCUT2D eigenvalue weighted by Crippen LogP contribution is -2.33. The van der Waals surface area contributed by atoms with Gasteiger partial charge >= 0.3 is 0 Å². The van der Waals surface area contributed by atoms with Crippen LogP contribution in [-0.2, 0) is 10.0 Å². The van der Waals surface area contributed by atoms with Gasteiger partial charge in [-0.25, -0.2) is 8.42 Å². The molecule has 0 aliphatic heterocycles. The standard InChI is InChI=1S/C13H20ClNO2S/c1-3-4-10-15(11-9-14)18(16,17)13-7-5-12(2)6-8-13/h5-8H,3-4,9-11H2,1-2H3. The van der Waals surface area contributed by atoms with Gasteiger partial charge in [0.05, 0.1) is 4.90 Å². The summed E-state index contributed by atoms with van der Waals surface area (Å²) in [5.41, 5.74) is 1.05. The van der Waals surface area contributed by atoms with Crippen LogP contribution in [0.5, 0.6) is 0 Å². The van der Waals surface area contributed by atoms with Crippen LogP contribution in [0.15, 0.2) is 29.2 Å². The lowest BCUT2D eigenvalue weighted by molar-refractivity contribution is 0.420. The fourth-order valence-electron chi connectivity index (χ4n) is 1.64. The summed E-state index contributed by atoms with van der Waals surface area (Å²) in [7, 11) is -3.40. The number of unbranched alkanes of at least 4 members (excludes halogenated alkanes) is 1. The normalized spacial score (nSPS) is 12.0. The number of benzene rings is 1. The lowest BCUT2D eigenvalue weighted by atomic mass is 10.2. The van der Waals surface area contributed by atoms with Crippen LogP contribution >= 0.6 is 11.6 Å². The van der Waals surface area contributed by atoms with Gasteiger partial charge in [0, 0.05) is 19.0 Å². The molecule has 0 spiro atoms. The Morgan fingerprint density at radius 3 is 2.28 bits per heavy atom. The van der Waals surface area contributed by atoms with Gasteiger partial charge in [0.1, 0.15) is 0 Å². The summed E-state index contributed by atoms with van der Waals surface area (Å²) in [5, 5.41) is 0. The summed E-state index contributed by atoms with van der Waals surface area (Å²) in [6.07, 6.45) is 1.81. The molecular weight excluding hydrogens is 270 g/mol. The van der Waals surface area contributed by atoms with Crippen molar-refractivity contribution in [1.29, 1.82) is 0 Å². The van der Waals surface area contributed by atoms with Crippen LogP contribution in [0, 0.1) is 6.92 Å². The number of sulfonamides is 1. The molecule has 1 aromatic rings. The summed E-state index contributed by atoms with van der Waals surface area (Å²) in [6, 6.07) is 6.92. The Morgan fingerprint density at radius 2 is 1.78 bits per heavy atom. The molecule has 0 aromatic heterocycles. The predicted molar refractivity (Wildman–Crippen MR) is 75.6 cm³/mol. The molecular formula is C13H20ClNO2S. The molecule has 1 rings (SSSR count). The van der Waals surface area contributed by atoms with E-state index < -0.39 is 10.0 Å². The Morgan fingerprint density at radius 1 is 1.17 bits per heavy atom. The Hall–Kier alpha value is -0.580. The molecule has 18 heavy (non-hydrogen) atoms. The zero-order valence-electron chi connectivity index (χ0n) is 10.9. The van der Waals surface area contributed by atoms with Crippen molar-refractivity contribution in [2.24, 2.45) is 0 Å². The third kappa shape index (κ3) is 3.97. The van der Waals surface area contributed by atoms with E-state index in [9.17, 15) is 8.42 Å². The average Bonchev–Trinajstić information content (AvgIpc) is 2.35. The maximum Gasteiger partial charge on any atom is 0.243 e. The van der Waals surface area contributed by atoms with E-state index >= 15 is 0 Å². The first-order chi connectivity index (χ1) is 8.52. The van der Waals surface area contributed by atoms with Crippen LogP contribution in [0.1, 0.15) is 25.3 Å². The van der Waals surface area contributed by atoms with Gasteiger partial charge in [-0.3, -0.25) is 0 Å². The van der Waals surface area contributed by atoms with Gasteiger partial charge in [-0.05, 0) is 25.5 Å². The summed E-state index contributed by atoms with van der Waals surface area (Å²) >= 11 is 5.69. The first kappa shape index (κ1) is 15.5. The van der Waals surface area contributed by atoms with Gasteiger partial charge in [-0.2, -0.15) is 4.31 Å². The molecule has 5 heteroatoms. The molecule has 0 amide bonds. The zero-order chi connectivity index (χ0) is 13.6. The highest BCUT2D eigenvalue weighted by Gasteiger charge is 2.22. The molecule has 0 fully saturated rings. The van der Waals surface area contributed by atoms with Crippen molar-refractivity contribution < 1.29 is 8.42 Å². The number of alkyl halides is 1. The number of rotatable bonds is 7. The van der Waals surface area contributed by atoms with E-state index in [0.29, 0.717) is 23.9 Å². The van der Waals surface area contributed by atoms with E-state index in [1.807, 2.05) is 26.0 Å². The molecule has 0 bridgehead atoms. The van der Waals surface area contributed by atoms with Crippen LogP contribution in [0.3, 0.4) is 0 Å². The molecule has 0 atom stereocenters. The molecule has 3 nitrogen and oxygen atoms in total. The third-order valence-electron chi connectivity index (χ3n) is 2.75. The van der Waals surface area contributed by atoms with E-state index in [2.05, 4.69) is 0 Å². The maximum atomic E-state index is 12.4. The van der Waals surface area contributed by atoms with E-state index in [0.717, 1.165) is 18.4 Å². The Labute approximate surface area is 115 Å². The number of hydrogen-bond acceptors (Lipinski definition) is 2. The molecule has 0 N–H and O–H groups in total. The van der Waals surface area contributed by atoms with Gasteiger partial charge in [0.25, 0.3) is 0 Å². The highest BCUT2D eigenvalue weighted by Crippen LogP contribution is 2.17. The highest BCUT2D eigenvalue weighted by molar-refractivity contribution is 7.89. The summed E-state index contributed by atoms with van der Waals surface area (Å²) in [4.78, 5) is 0.342. The molecule has 0 unspecified atom stereocenters. The molecule has 0 saturated heterocycles. The third-order valence-corrected chi connectivity index (χ3v) is 4.84. The van der Waals surface area contributed by atoms with Gasteiger partial charge in [-0.15, -0.1) is 11.6 Å². The number of hydrogen-bond donors (Lipinski definition) is 0. The largest absolute Gasteiger partial charge is 0.243 e. The van der Waals surface area contributed by atoms with Crippen LogP contribution < -0.4 is 0 Å². The van der Waals surface area contributed by atoms with Crippen molar-refractivity contribution >= 4 is 21.6 Å². The van der Waals surface area contributed by atoms with Crippen LogP contribution in [-0.4, -0.2) is 31.7 Å². The molecule has 102 valence electrons. The highest BCUT2D eigenvalue weighted by atomic mass is 35.5. The Balaban J connectivity index is 2.96. The van der Waals surface area contributed by atoms with E-state index in [-0.39, 0.29) is 0 Å². The summed E-state index contributed by atoms with van der Waals surface area (Å²) < 4.78 is 26.3. The molecule has 0 heterocycles. The SMILES string of the molecule is CCCCN(CCCl)S(=O)(=O)c1ccc(C)cc1. The van der Waals surface area contributed by atoms with Crippen molar-refractivity contribution in [2.45, 2.75) is 31.6 Å². The Bertz CT molecular complexity index is 456. The van der Waals surface area contributed by atoms with Crippen molar-refractivity contribution in [2.75, 3.05) is 19.0 Å². The van der Waals surface area contributed by atoms with Crippen molar-refractivity contribution in [3.63, 3.8) is 0 Å². The molecule has 0 radical (unpaired) electrons. The predicted octanol–water partition coefficient (Wildman–Crippen LogP) is 3.02. The monoisotopic (exact) mass is 289 g/mol. The minimum Gasteiger partial charge on any atom is -0.207 e. The van der Waals surface area contributed by atoms with Crippen LogP contribution in [0.4, 0.5) is 0 Å². The minimum absolute atomic E-state index is 0.314. The van der Waals surface area contributed by atoms with E-state index in [1.165, 1.54) is 4.31 Å². The van der Waals surface area contributed by atoms with Crippen molar-refractivity contribution in [3.05, 3.63) is 29.8 Å². The first-order valence-corrected chi connectivity index (χ1v) is 8.12. The van der Waals surface area contributed by atoms with E-state index in [1.54, 1.807) is 12.1 Å². The van der Waals surface area contributed by atoms with Crippen LogP contribution in [0.25, 0.3) is 0 Å². The van der Waals surface area contributed by atoms with Crippen molar-refractivity contribution in [3.8, 4) is 0 Å². The summed E-state index contributed by atoms with van der Waals surface area (Å²) in [6.45, 7) is 4.86. The van der Waals surface area contributed by atoms with Gasteiger partial charge in [-0.1, -0.05) is 31.0 Å². The number of nitrogens with zero attached hydrogens (tertiary/aromatic N) is 1. The topological polar surface area (TPSA) is 37.4 Å². The van der Waals surface area contributed by atoms with Gasteiger partial charge < -0.3 is 0 Å². The number of halogens is 1. The molecule has 0 saturated carbocycles. The van der Waals surface area contributed by atoms with Gasteiger partial charge in [0.2, 0.25) is 10.0 Å². The fourth-order valence-corrected chi connectivity index (χ4v) is 3.42. The number of aryl methyl sites for hydroxylation is 1. The zero-order valence-corrected chi connectivity index (χ0v) is 12.5.